The van der Waals surface area contributed by atoms with Crippen molar-refractivity contribution in [1.29, 1.82) is 0 Å². The Morgan fingerprint density at radius 2 is 1.96 bits per heavy atom. The lowest BCUT2D eigenvalue weighted by Crippen LogP contribution is -2.36. The van der Waals surface area contributed by atoms with Crippen LogP contribution in [0.1, 0.15) is 11.1 Å². The van der Waals surface area contributed by atoms with Gasteiger partial charge in [0.1, 0.15) is 5.75 Å². The first kappa shape index (κ1) is 14.2. The van der Waals surface area contributed by atoms with E-state index in [1.807, 2.05) is 24.3 Å². The lowest BCUT2D eigenvalue weighted by Gasteiger charge is -2.11. The van der Waals surface area contributed by atoms with E-state index in [1.54, 1.807) is 12.1 Å². The Morgan fingerprint density at radius 3 is 2.87 bits per heavy atom. The molecule has 0 radical (unpaired) electrons. The molecule has 2 aromatic carbocycles. The molecule has 23 heavy (non-hydrogen) atoms. The number of hydrogen-bond donors (Lipinski definition) is 1. The Morgan fingerprint density at radius 1 is 1.13 bits per heavy atom. The number of amides is 1. The van der Waals surface area contributed by atoms with Crippen molar-refractivity contribution in [3.8, 4) is 17.2 Å². The molecular weight excluding hydrogens is 318 g/mol. The molecule has 5 nitrogen and oxygen atoms in total. The van der Waals surface area contributed by atoms with Crippen molar-refractivity contribution in [3.63, 3.8) is 0 Å². The average Bonchev–Trinajstić information content (AvgIpc) is 3.17. The molecule has 0 aromatic heterocycles. The molecule has 0 bridgehead atoms. The highest BCUT2D eigenvalue weighted by Gasteiger charge is 2.29. The maximum Gasteiger partial charge on any atom is 0.261 e. The van der Waals surface area contributed by atoms with E-state index >= 15 is 0 Å². The Kier molecular flexibility index (Phi) is 3.50. The molecule has 1 amide bonds. The number of carbonyl (C=O) groups excluding carboxylic acids is 1. The van der Waals surface area contributed by atoms with Crippen LogP contribution in [0, 0.1) is 0 Å². The average molecular weight is 332 g/mol. The Bertz CT molecular complexity index is 777. The van der Waals surface area contributed by atoms with Gasteiger partial charge in [0, 0.05) is 18.0 Å². The second-order valence-corrected chi connectivity index (χ2v) is 5.90. The molecule has 0 spiro atoms. The van der Waals surface area contributed by atoms with Crippen molar-refractivity contribution >= 4 is 17.5 Å². The summed E-state index contributed by atoms with van der Waals surface area (Å²) in [5, 5.41) is 3.54. The van der Waals surface area contributed by atoms with Gasteiger partial charge < -0.3 is 19.5 Å². The summed E-state index contributed by atoms with van der Waals surface area (Å²) in [5.74, 6) is 2.01. The van der Waals surface area contributed by atoms with Crippen LogP contribution < -0.4 is 19.5 Å². The summed E-state index contributed by atoms with van der Waals surface area (Å²) in [6.07, 6.45) is 0.0144. The van der Waals surface area contributed by atoms with Crippen molar-refractivity contribution in [2.75, 3.05) is 6.79 Å². The number of fused-ring (bicyclic) bond motifs is 2. The van der Waals surface area contributed by atoms with E-state index in [4.69, 9.17) is 25.8 Å². The Hall–Kier alpha value is -2.40. The summed E-state index contributed by atoms with van der Waals surface area (Å²) in [5.41, 5.74) is 1.90. The van der Waals surface area contributed by atoms with Gasteiger partial charge in [0.25, 0.3) is 5.91 Å². The zero-order valence-electron chi connectivity index (χ0n) is 12.2. The fourth-order valence-electron chi connectivity index (χ4n) is 2.72. The second kappa shape index (κ2) is 5.66. The van der Waals surface area contributed by atoms with E-state index in [-0.39, 0.29) is 12.7 Å². The third kappa shape index (κ3) is 2.80. The Labute approximate surface area is 138 Å². The van der Waals surface area contributed by atoms with E-state index in [9.17, 15) is 4.79 Å². The highest BCUT2D eigenvalue weighted by molar-refractivity contribution is 6.30. The molecule has 0 aliphatic carbocycles. The highest BCUT2D eigenvalue weighted by atomic mass is 35.5. The zero-order chi connectivity index (χ0) is 15.8. The summed E-state index contributed by atoms with van der Waals surface area (Å²) in [7, 11) is 0. The molecule has 4 rings (SSSR count). The standard InChI is InChI=1S/C17H14ClNO4/c18-12-2-4-13-11(6-12)7-16(23-13)17(20)19-8-10-1-3-14-15(5-10)22-9-21-14/h1-6,16H,7-9H2,(H,19,20). The molecule has 1 atom stereocenters. The van der Waals surface area contributed by atoms with Crippen LogP contribution in [0.15, 0.2) is 36.4 Å². The SMILES string of the molecule is O=C(NCc1ccc2c(c1)OCO2)C1Cc2cc(Cl)ccc2O1. The highest BCUT2D eigenvalue weighted by Crippen LogP contribution is 2.33. The smallest absolute Gasteiger partial charge is 0.261 e. The fourth-order valence-corrected chi connectivity index (χ4v) is 2.91. The quantitative estimate of drug-likeness (QED) is 0.939. The number of benzene rings is 2. The summed E-state index contributed by atoms with van der Waals surface area (Å²) in [4.78, 5) is 12.3. The van der Waals surface area contributed by atoms with Crippen LogP contribution in [0.3, 0.4) is 0 Å². The van der Waals surface area contributed by atoms with Crippen LogP contribution >= 0.6 is 11.6 Å². The van der Waals surface area contributed by atoms with Crippen molar-refractivity contribution in [3.05, 3.63) is 52.5 Å². The van der Waals surface area contributed by atoms with Gasteiger partial charge in [0.05, 0.1) is 0 Å². The normalized spacial score (nSPS) is 17.5. The maximum absolute atomic E-state index is 12.3. The van der Waals surface area contributed by atoms with Gasteiger partial charge in [-0.05, 0) is 41.5 Å². The Balaban J connectivity index is 1.38. The molecule has 0 saturated heterocycles. The van der Waals surface area contributed by atoms with Crippen LogP contribution in [-0.4, -0.2) is 18.8 Å². The molecule has 0 saturated carbocycles. The van der Waals surface area contributed by atoms with Crippen LogP contribution in [0.4, 0.5) is 0 Å². The predicted octanol–water partition coefficient (Wildman–Crippen LogP) is 2.69. The van der Waals surface area contributed by atoms with Crippen molar-refractivity contribution in [1.82, 2.24) is 5.32 Å². The molecular formula is C17H14ClNO4. The summed E-state index contributed by atoms with van der Waals surface area (Å²) in [6.45, 7) is 0.647. The number of carbonyl (C=O) groups is 1. The van der Waals surface area contributed by atoms with Crippen LogP contribution in [0.2, 0.25) is 5.02 Å². The minimum Gasteiger partial charge on any atom is -0.480 e. The van der Waals surface area contributed by atoms with E-state index < -0.39 is 6.10 Å². The van der Waals surface area contributed by atoms with Gasteiger partial charge in [0.15, 0.2) is 17.6 Å². The topological polar surface area (TPSA) is 56.8 Å². The van der Waals surface area contributed by atoms with Crippen molar-refractivity contribution in [2.45, 2.75) is 19.1 Å². The zero-order valence-corrected chi connectivity index (χ0v) is 12.9. The van der Waals surface area contributed by atoms with E-state index in [2.05, 4.69) is 5.32 Å². The van der Waals surface area contributed by atoms with Gasteiger partial charge >= 0.3 is 0 Å². The predicted molar refractivity (Wildman–Crippen MR) is 84.0 cm³/mol. The summed E-state index contributed by atoms with van der Waals surface area (Å²) >= 11 is 5.96. The monoisotopic (exact) mass is 331 g/mol. The summed E-state index contributed by atoms with van der Waals surface area (Å²) in [6, 6.07) is 11.0. The molecule has 2 aliphatic rings. The lowest BCUT2D eigenvalue weighted by atomic mass is 10.1. The fraction of sp³-hybridized carbons (Fsp3) is 0.235. The first-order chi connectivity index (χ1) is 11.2. The third-order valence-corrected chi connectivity index (χ3v) is 4.13. The molecule has 2 heterocycles. The summed E-state index contributed by atoms with van der Waals surface area (Å²) < 4.78 is 16.3. The van der Waals surface area contributed by atoms with Crippen molar-refractivity contribution < 1.29 is 19.0 Å². The second-order valence-electron chi connectivity index (χ2n) is 5.47. The lowest BCUT2D eigenvalue weighted by molar-refractivity contribution is -0.127. The number of ether oxygens (including phenoxy) is 3. The molecule has 2 aromatic rings. The van der Waals surface area contributed by atoms with Gasteiger partial charge in [0.2, 0.25) is 6.79 Å². The van der Waals surface area contributed by atoms with Crippen LogP contribution in [0.5, 0.6) is 17.2 Å². The van der Waals surface area contributed by atoms with Crippen LogP contribution in [0.25, 0.3) is 0 Å². The van der Waals surface area contributed by atoms with E-state index in [0.717, 1.165) is 22.6 Å². The molecule has 1 unspecified atom stereocenters. The third-order valence-electron chi connectivity index (χ3n) is 3.89. The number of nitrogens with one attached hydrogen (secondary N) is 1. The van der Waals surface area contributed by atoms with Gasteiger partial charge in [-0.2, -0.15) is 0 Å². The molecule has 6 heteroatoms. The maximum atomic E-state index is 12.3. The van der Waals surface area contributed by atoms with Gasteiger partial charge in [-0.15, -0.1) is 0 Å². The van der Waals surface area contributed by atoms with Gasteiger partial charge in [-0.3, -0.25) is 4.79 Å². The van der Waals surface area contributed by atoms with Gasteiger partial charge in [-0.25, -0.2) is 0 Å². The van der Waals surface area contributed by atoms with E-state index in [0.29, 0.717) is 23.7 Å². The minimum atomic E-state index is -0.516. The van der Waals surface area contributed by atoms with Crippen LogP contribution in [-0.2, 0) is 17.8 Å². The molecule has 0 fully saturated rings. The van der Waals surface area contributed by atoms with E-state index in [1.165, 1.54) is 0 Å². The first-order valence-corrected chi connectivity index (χ1v) is 7.68. The number of hydrogen-bond acceptors (Lipinski definition) is 4. The molecule has 118 valence electrons. The molecule has 1 N–H and O–H groups in total. The van der Waals surface area contributed by atoms with Crippen molar-refractivity contribution in [2.24, 2.45) is 0 Å². The number of rotatable bonds is 3. The minimum absolute atomic E-state index is 0.144. The van der Waals surface area contributed by atoms with Gasteiger partial charge in [-0.1, -0.05) is 17.7 Å². The number of halogens is 1. The largest absolute Gasteiger partial charge is 0.480 e. The molecule has 2 aliphatic heterocycles. The first-order valence-electron chi connectivity index (χ1n) is 7.30.